The molecule has 0 saturated heterocycles. The first-order valence-corrected chi connectivity index (χ1v) is 30.7. The summed E-state index contributed by atoms with van der Waals surface area (Å²) in [4.78, 5) is 40.1. The average Bonchev–Trinajstić information content (AvgIpc) is 3.36. The summed E-state index contributed by atoms with van der Waals surface area (Å²) in [6.45, 7) is 5.62. The second-order valence-electron chi connectivity index (χ2n) is 21.5. The minimum Gasteiger partial charge on any atom is -0.419 e. The van der Waals surface area contributed by atoms with Gasteiger partial charge in [-0.15, -0.1) is 0 Å². The number of hydrogen-bond acceptors (Lipinski definition) is 12. The molecule has 12 nitrogen and oxygen atoms in total. The Morgan fingerprint density at radius 3 is 0.736 bits per heavy atom. The van der Waals surface area contributed by atoms with E-state index in [4.69, 9.17) is 14.2 Å². The van der Waals surface area contributed by atoms with Gasteiger partial charge in [-0.2, -0.15) is 0 Å². The molecule has 12 heteroatoms. The summed E-state index contributed by atoms with van der Waals surface area (Å²) in [5.41, 5.74) is 0. The molecule has 0 spiro atoms. The standard InChI is InChI=1S/C60H116O12/c1-4-7-10-13-16-19-22-25-28-31-34-37-40-43-46-49-54(63)70-59(68,58(67)57(66)53(62)52-61)60(69,71-55(64)50-47-44-41-38-35-32-29-26-23-20-17-14-11-8-5-2)72-56(65)51-48-45-42-39-36-33-30-27-24-21-18-15-12-9-6-3/h53,57-58,61-62,66-69H,4-52H2,1-3H3/t53-,57+,58+,59+/m0/s1. The van der Waals surface area contributed by atoms with E-state index in [1.54, 1.807) is 0 Å². The van der Waals surface area contributed by atoms with E-state index in [-0.39, 0.29) is 19.3 Å². The van der Waals surface area contributed by atoms with Crippen molar-refractivity contribution in [1.29, 1.82) is 0 Å². The third-order valence-electron chi connectivity index (χ3n) is 14.5. The molecule has 0 unspecified atom stereocenters. The minimum atomic E-state index is -3.81. The lowest BCUT2D eigenvalue weighted by Gasteiger charge is -2.43. The molecule has 6 N–H and O–H groups in total. The quantitative estimate of drug-likeness (QED) is 0.0192. The molecule has 0 radical (unpaired) electrons. The van der Waals surface area contributed by atoms with Crippen molar-refractivity contribution in [2.24, 2.45) is 0 Å². The molecule has 0 bridgehead atoms. The Kier molecular flexibility index (Phi) is 48.7. The van der Waals surface area contributed by atoms with Gasteiger partial charge in [-0.25, -0.2) is 0 Å². The zero-order valence-electron chi connectivity index (χ0n) is 47.0. The average molecular weight is 1030 g/mol. The highest BCUT2D eigenvalue weighted by Crippen LogP contribution is 2.35. The van der Waals surface area contributed by atoms with Crippen LogP contribution in [0.4, 0.5) is 0 Å². The second-order valence-corrected chi connectivity index (χ2v) is 21.5. The predicted octanol–water partition coefficient (Wildman–Crippen LogP) is 14.8. The van der Waals surface area contributed by atoms with Gasteiger partial charge in [0.15, 0.2) is 6.10 Å². The summed E-state index contributed by atoms with van der Waals surface area (Å²) in [7, 11) is 0. The summed E-state index contributed by atoms with van der Waals surface area (Å²) >= 11 is 0. The molecule has 0 aliphatic rings. The first kappa shape index (κ1) is 70.2. The number of esters is 3. The molecule has 428 valence electrons. The third-order valence-corrected chi connectivity index (χ3v) is 14.5. The van der Waals surface area contributed by atoms with Crippen LogP contribution in [-0.4, -0.2) is 85.2 Å². The van der Waals surface area contributed by atoms with Crippen LogP contribution in [0.3, 0.4) is 0 Å². The van der Waals surface area contributed by atoms with Crippen molar-refractivity contribution >= 4 is 17.9 Å². The van der Waals surface area contributed by atoms with Gasteiger partial charge in [0.1, 0.15) is 12.2 Å². The second kappa shape index (κ2) is 50.0. The van der Waals surface area contributed by atoms with Gasteiger partial charge >= 0.3 is 29.7 Å². The van der Waals surface area contributed by atoms with Gasteiger partial charge in [-0.3, -0.25) is 14.4 Å². The van der Waals surface area contributed by atoms with Crippen molar-refractivity contribution in [1.82, 2.24) is 0 Å². The zero-order chi connectivity index (χ0) is 53.2. The number of carbonyl (C=O) groups is 3. The SMILES string of the molecule is CCCCCCCCCCCCCCCCCC(=O)OC(O)(OC(=O)CCCCCCCCCCCCCCCCC)[C@](O)(OC(=O)CCCCCCCCCCCCCCCCC)[C@H](O)[C@H](O)[C@@H](O)CO. The Morgan fingerprint density at radius 1 is 0.333 bits per heavy atom. The van der Waals surface area contributed by atoms with E-state index in [9.17, 15) is 45.0 Å². The number of hydrogen-bond donors (Lipinski definition) is 6. The smallest absolute Gasteiger partial charge is 0.419 e. The van der Waals surface area contributed by atoms with E-state index in [1.807, 2.05) is 0 Å². The fourth-order valence-corrected chi connectivity index (χ4v) is 9.59. The summed E-state index contributed by atoms with van der Waals surface area (Å²) in [6, 6.07) is 0. The molecular formula is C60H116O12. The van der Waals surface area contributed by atoms with Gasteiger partial charge < -0.3 is 44.8 Å². The number of carbonyl (C=O) groups excluding carboxylic acids is 3. The normalized spacial score (nSPS) is 14.0. The van der Waals surface area contributed by atoms with Crippen LogP contribution >= 0.6 is 0 Å². The molecule has 4 atom stereocenters. The molecule has 0 saturated carbocycles. The van der Waals surface area contributed by atoms with Gasteiger partial charge in [0, 0.05) is 19.3 Å². The van der Waals surface area contributed by atoms with Crippen LogP contribution in [0.15, 0.2) is 0 Å². The third kappa shape index (κ3) is 38.7. The van der Waals surface area contributed by atoms with Crippen molar-refractivity contribution in [2.75, 3.05) is 6.61 Å². The van der Waals surface area contributed by atoms with E-state index in [2.05, 4.69) is 20.8 Å². The summed E-state index contributed by atoms with van der Waals surface area (Å²) in [5.74, 6) is -10.9. The maximum Gasteiger partial charge on any atom is 0.446 e. The van der Waals surface area contributed by atoms with Crippen LogP contribution in [0.5, 0.6) is 0 Å². The van der Waals surface area contributed by atoms with Gasteiger partial charge in [-0.1, -0.05) is 290 Å². The molecule has 0 amide bonds. The van der Waals surface area contributed by atoms with Gasteiger partial charge in [0.2, 0.25) is 0 Å². The number of ether oxygens (including phenoxy) is 3. The number of aliphatic hydroxyl groups is 6. The first-order chi connectivity index (χ1) is 34.9. The number of aliphatic hydroxyl groups excluding tert-OH is 4. The largest absolute Gasteiger partial charge is 0.446 e. The minimum absolute atomic E-state index is 0.252. The molecule has 0 aromatic rings. The van der Waals surface area contributed by atoms with Crippen LogP contribution in [0.25, 0.3) is 0 Å². The monoisotopic (exact) mass is 1030 g/mol. The van der Waals surface area contributed by atoms with Gasteiger partial charge in [-0.05, 0) is 19.3 Å². The van der Waals surface area contributed by atoms with Crippen molar-refractivity contribution in [3.8, 4) is 0 Å². The molecule has 0 aromatic carbocycles. The highest BCUT2D eigenvalue weighted by Gasteiger charge is 2.67. The Morgan fingerprint density at radius 2 is 0.528 bits per heavy atom. The van der Waals surface area contributed by atoms with Crippen LogP contribution < -0.4 is 0 Å². The Hall–Kier alpha value is -1.83. The Bertz CT molecular complexity index is 1170. The highest BCUT2D eigenvalue weighted by atomic mass is 16.9. The number of rotatable bonds is 56. The molecular weight excluding hydrogens is 913 g/mol. The van der Waals surface area contributed by atoms with Crippen molar-refractivity contribution in [3.63, 3.8) is 0 Å². The van der Waals surface area contributed by atoms with Crippen LogP contribution in [0.1, 0.15) is 329 Å². The molecule has 0 heterocycles. The van der Waals surface area contributed by atoms with Gasteiger partial charge in [0.25, 0.3) is 0 Å². The zero-order valence-corrected chi connectivity index (χ0v) is 47.0. The topological polar surface area (TPSA) is 200 Å². The fraction of sp³-hybridized carbons (Fsp3) is 0.950. The summed E-state index contributed by atoms with van der Waals surface area (Å²) in [6.07, 6.45) is 42.1. The summed E-state index contributed by atoms with van der Waals surface area (Å²) < 4.78 is 15.8. The molecule has 0 aliphatic carbocycles. The maximum atomic E-state index is 13.4. The van der Waals surface area contributed by atoms with E-state index < -0.39 is 54.6 Å². The van der Waals surface area contributed by atoms with E-state index in [0.29, 0.717) is 38.5 Å². The molecule has 0 fully saturated rings. The Labute approximate surface area is 441 Å². The fourth-order valence-electron chi connectivity index (χ4n) is 9.59. The van der Waals surface area contributed by atoms with Gasteiger partial charge in [0.05, 0.1) is 6.61 Å². The van der Waals surface area contributed by atoms with Crippen molar-refractivity contribution < 1.29 is 59.2 Å². The molecule has 0 aromatic heterocycles. The predicted molar refractivity (Wildman–Crippen MR) is 292 cm³/mol. The Balaban J connectivity index is 5.42. The highest BCUT2D eigenvalue weighted by molar-refractivity contribution is 5.73. The van der Waals surface area contributed by atoms with E-state index >= 15 is 0 Å². The molecule has 0 aliphatic heterocycles. The molecule has 72 heavy (non-hydrogen) atoms. The van der Waals surface area contributed by atoms with Crippen molar-refractivity contribution in [3.05, 3.63) is 0 Å². The summed E-state index contributed by atoms with van der Waals surface area (Å²) in [5, 5.41) is 65.8. The molecule has 0 rings (SSSR count). The first-order valence-electron chi connectivity index (χ1n) is 30.7. The van der Waals surface area contributed by atoms with Crippen LogP contribution in [0, 0.1) is 0 Å². The lowest BCUT2D eigenvalue weighted by Crippen LogP contribution is -2.70. The van der Waals surface area contributed by atoms with Crippen molar-refractivity contribution in [2.45, 2.75) is 359 Å². The lowest BCUT2D eigenvalue weighted by atomic mass is 9.97. The lowest BCUT2D eigenvalue weighted by molar-refractivity contribution is -0.465. The van der Waals surface area contributed by atoms with E-state index in [0.717, 1.165) is 77.0 Å². The maximum absolute atomic E-state index is 13.4. The van der Waals surface area contributed by atoms with Crippen LogP contribution in [0.2, 0.25) is 0 Å². The van der Waals surface area contributed by atoms with Crippen LogP contribution in [-0.2, 0) is 28.6 Å². The number of unbranched alkanes of at least 4 members (excludes halogenated alkanes) is 42. The van der Waals surface area contributed by atoms with E-state index in [1.165, 1.54) is 173 Å².